The van der Waals surface area contributed by atoms with Crippen LogP contribution in [0.4, 0.5) is 0 Å². The van der Waals surface area contributed by atoms with Crippen molar-refractivity contribution >= 4 is 11.9 Å². The SMILES string of the molecule is CCOC(=O)CN(C[C@@H](C)CC)C(=O)CC. The number of nitrogens with zero attached hydrogens (tertiary/aromatic N) is 1. The summed E-state index contributed by atoms with van der Waals surface area (Å²) in [6, 6.07) is 0. The molecule has 0 unspecified atom stereocenters. The summed E-state index contributed by atoms with van der Waals surface area (Å²) in [4.78, 5) is 24.5. The van der Waals surface area contributed by atoms with E-state index < -0.39 is 0 Å². The van der Waals surface area contributed by atoms with E-state index in [1.54, 1.807) is 18.7 Å². The van der Waals surface area contributed by atoms with Gasteiger partial charge >= 0.3 is 5.97 Å². The van der Waals surface area contributed by atoms with E-state index in [9.17, 15) is 9.59 Å². The Bertz CT molecular complexity index is 228. The normalized spacial score (nSPS) is 12.0. The zero-order valence-electron chi connectivity index (χ0n) is 10.8. The first-order valence-corrected chi connectivity index (χ1v) is 5.98. The van der Waals surface area contributed by atoms with Crippen molar-refractivity contribution < 1.29 is 14.3 Å². The lowest BCUT2D eigenvalue weighted by atomic mass is 10.1. The van der Waals surface area contributed by atoms with Gasteiger partial charge in [0.05, 0.1) is 6.61 Å². The van der Waals surface area contributed by atoms with E-state index in [-0.39, 0.29) is 18.4 Å². The fourth-order valence-electron chi connectivity index (χ4n) is 1.35. The van der Waals surface area contributed by atoms with Gasteiger partial charge in [-0.05, 0) is 12.8 Å². The molecular weight excluding hydrogens is 206 g/mol. The maximum absolute atomic E-state index is 11.6. The monoisotopic (exact) mass is 229 g/mol. The molecule has 0 rings (SSSR count). The number of carbonyl (C=O) groups excluding carboxylic acids is 2. The van der Waals surface area contributed by atoms with E-state index in [0.29, 0.717) is 25.5 Å². The Morgan fingerprint density at radius 2 is 1.88 bits per heavy atom. The fourth-order valence-corrected chi connectivity index (χ4v) is 1.35. The Kier molecular flexibility index (Phi) is 7.60. The topological polar surface area (TPSA) is 46.6 Å². The van der Waals surface area contributed by atoms with Gasteiger partial charge in [0.25, 0.3) is 0 Å². The molecule has 0 saturated carbocycles. The number of esters is 1. The lowest BCUT2D eigenvalue weighted by molar-refractivity contribution is -0.149. The molecule has 0 aliphatic heterocycles. The second kappa shape index (κ2) is 8.13. The zero-order valence-corrected chi connectivity index (χ0v) is 10.8. The third kappa shape index (κ3) is 5.73. The maximum Gasteiger partial charge on any atom is 0.325 e. The van der Waals surface area contributed by atoms with E-state index in [1.165, 1.54) is 0 Å². The van der Waals surface area contributed by atoms with E-state index >= 15 is 0 Å². The molecule has 0 aliphatic rings. The Morgan fingerprint density at radius 3 is 2.31 bits per heavy atom. The van der Waals surface area contributed by atoms with Gasteiger partial charge in [-0.1, -0.05) is 27.2 Å². The number of rotatable bonds is 7. The molecule has 0 N–H and O–H groups in total. The summed E-state index contributed by atoms with van der Waals surface area (Å²) in [6.45, 7) is 8.77. The minimum Gasteiger partial charge on any atom is -0.465 e. The molecule has 0 aromatic carbocycles. The summed E-state index contributed by atoms with van der Waals surface area (Å²) in [5.41, 5.74) is 0. The number of carbonyl (C=O) groups is 2. The number of ether oxygens (including phenoxy) is 1. The van der Waals surface area contributed by atoms with Gasteiger partial charge in [-0.15, -0.1) is 0 Å². The first kappa shape index (κ1) is 14.9. The van der Waals surface area contributed by atoms with Crippen LogP contribution in [-0.2, 0) is 14.3 Å². The number of amides is 1. The molecular formula is C12H23NO3. The highest BCUT2D eigenvalue weighted by Gasteiger charge is 2.18. The average Bonchev–Trinajstić information content (AvgIpc) is 2.27. The Morgan fingerprint density at radius 1 is 1.25 bits per heavy atom. The van der Waals surface area contributed by atoms with Crippen molar-refractivity contribution in [3.8, 4) is 0 Å². The molecule has 0 spiro atoms. The Hall–Kier alpha value is -1.06. The highest BCUT2D eigenvalue weighted by atomic mass is 16.5. The van der Waals surface area contributed by atoms with Gasteiger partial charge in [0.2, 0.25) is 5.91 Å². The predicted octanol–water partition coefficient (Wildman–Crippen LogP) is 1.83. The summed E-state index contributed by atoms with van der Waals surface area (Å²) < 4.78 is 4.85. The molecule has 94 valence electrons. The maximum atomic E-state index is 11.6. The number of hydrogen-bond acceptors (Lipinski definition) is 3. The van der Waals surface area contributed by atoms with Crippen molar-refractivity contribution in [2.45, 2.75) is 40.5 Å². The van der Waals surface area contributed by atoms with Gasteiger partial charge in [-0.2, -0.15) is 0 Å². The molecule has 16 heavy (non-hydrogen) atoms. The average molecular weight is 229 g/mol. The molecule has 0 aromatic heterocycles. The molecule has 0 aromatic rings. The van der Waals surface area contributed by atoms with Crippen LogP contribution in [0.1, 0.15) is 40.5 Å². The molecule has 1 atom stereocenters. The molecule has 0 aliphatic carbocycles. The summed E-state index contributed by atoms with van der Waals surface area (Å²) >= 11 is 0. The largest absolute Gasteiger partial charge is 0.465 e. The minimum atomic E-state index is -0.326. The van der Waals surface area contributed by atoms with E-state index in [4.69, 9.17) is 4.74 Å². The molecule has 0 heterocycles. The first-order valence-electron chi connectivity index (χ1n) is 5.98. The van der Waals surface area contributed by atoms with Gasteiger partial charge < -0.3 is 9.64 Å². The third-order valence-corrected chi connectivity index (χ3v) is 2.51. The van der Waals surface area contributed by atoms with Crippen LogP contribution in [0.5, 0.6) is 0 Å². The van der Waals surface area contributed by atoms with Gasteiger partial charge in [0.15, 0.2) is 0 Å². The molecule has 1 amide bonds. The quantitative estimate of drug-likeness (QED) is 0.626. The van der Waals surface area contributed by atoms with Crippen molar-refractivity contribution in [3.63, 3.8) is 0 Å². The van der Waals surface area contributed by atoms with Crippen molar-refractivity contribution in [2.24, 2.45) is 5.92 Å². The van der Waals surface area contributed by atoms with Crippen LogP contribution >= 0.6 is 0 Å². The molecule has 0 bridgehead atoms. The van der Waals surface area contributed by atoms with E-state index in [1.807, 2.05) is 0 Å². The van der Waals surface area contributed by atoms with Crippen LogP contribution in [0.3, 0.4) is 0 Å². The van der Waals surface area contributed by atoms with Gasteiger partial charge in [0, 0.05) is 13.0 Å². The fraction of sp³-hybridized carbons (Fsp3) is 0.833. The lowest BCUT2D eigenvalue weighted by Gasteiger charge is -2.24. The van der Waals surface area contributed by atoms with Crippen LogP contribution in [0.2, 0.25) is 0 Å². The van der Waals surface area contributed by atoms with Crippen molar-refractivity contribution in [1.29, 1.82) is 0 Å². The van der Waals surface area contributed by atoms with Crippen molar-refractivity contribution in [1.82, 2.24) is 4.90 Å². The Labute approximate surface area is 98.0 Å². The van der Waals surface area contributed by atoms with Gasteiger partial charge in [0.1, 0.15) is 6.54 Å². The molecule has 0 fully saturated rings. The summed E-state index contributed by atoms with van der Waals surface area (Å²) in [7, 11) is 0. The van der Waals surface area contributed by atoms with Gasteiger partial charge in [-0.25, -0.2) is 0 Å². The lowest BCUT2D eigenvalue weighted by Crippen LogP contribution is -2.38. The summed E-state index contributed by atoms with van der Waals surface area (Å²) in [5, 5.41) is 0. The highest BCUT2D eigenvalue weighted by Crippen LogP contribution is 2.06. The molecule has 4 heteroatoms. The summed E-state index contributed by atoms with van der Waals surface area (Å²) in [6.07, 6.45) is 1.42. The smallest absolute Gasteiger partial charge is 0.325 e. The highest BCUT2D eigenvalue weighted by molar-refractivity contribution is 5.81. The van der Waals surface area contributed by atoms with Crippen LogP contribution in [0.25, 0.3) is 0 Å². The van der Waals surface area contributed by atoms with E-state index in [0.717, 1.165) is 6.42 Å². The van der Waals surface area contributed by atoms with Crippen LogP contribution in [0, 0.1) is 5.92 Å². The Balaban J connectivity index is 4.31. The molecule has 0 radical (unpaired) electrons. The number of hydrogen-bond donors (Lipinski definition) is 0. The minimum absolute atomic E-state index is 0.00773. The third-order valence-electron chi connectivity index (χ3n) is 2.51. The van der Waals surface area contributed by atoms with Crippen molar-refractivity contribution in [2.75, 3.05) is 19.7 Å². The van der Waals surface area contributed by atoms with Crippen LogP contribution in [-0.4, -0.2) is 36.5 Å². The zero-order chi connectivity index (χ0) is 12.6. The van der Waals surface area contributed by atoms with Crippen LogP contribution < -0.4 is 0 Å². The van der Waals surface area contributed by atoms with Gasteiger partial charge in [-0.3, -0.25) is 9.59 Å². The van der Waals surface area contributed by atoms with Crippen molar-refractivity contribution in [3.05, 3.63) is 0 Å². The first-order chi connectivity index (χ1) is 7.54. The standard InChI is InChI=1S/C12H23NO3/c1-5-10(4)8-13(11(14)6-2)9-12(15)16-7-3/h10H,5-9H2,1-4H3/t10-/m0/s1. The second-order valence-corrected chi connectivity index (χ2v) is 3.95. The summed E-state index contributed by atoms with van der Waals surface area (Å²) in [5.74, 6) is 0.0888. The second-order valence-electron chi connectivity index (χ2n) is 3.95. The van der Waals surface area contributed by atoms with Crippen LogP contribution in [0.15, 0.2) is 0 Å². The molecule has 4 nitrogen and oxygen atoms in total. The van der Waals surface area contributed by atoms with E-state index in [2.05, 4.69) is 13.8 Å². The molecule has 0 saturated heterocycles. The predicted molar refractivity (Wildman–Crippen MR) is 63.0 cm³/mol.